The molecule has 1 saturated carbocycles. The number of amidine groups is 1. The van der Waals surface area contributed by atoms with E-state index in [1.54, 1.807) is 0 Å². The lowest BCUT2D eigenvalue weighted by Crippen LogP contribution is -2.40. The number of aromatic nitrogens is 4. The third-order valence-corrected chi connectivity index (χ3v) is 6.30. The summed E-state index contributed by atoms with van der Waals surface area (Å²) in [6, 6.07) is 16.3. The summed E-state index contributed by atoms with van der Waals surface area (Å²) in [4.78, 5) is 20.1. The van der Waals surface area contributed by atoms with E-state index in [1.807, 2.05) is 29.2 Å². The molecule has 0 atom stereocenters. The zero-order valence-corrected chi connectivity index (χ0v) is 18.2. The molecule has 0 radical (unpaired) electrons. The van der Waals surface area contributed by atoms with Crippen LogP contribution in [-0.2, 0) is 11.3 Å². The predicted molar refractivity (Wildman–Crippen MR) is 124 cm³/mol. The number of aliphatic imine (C=N–C) groups is 1. The fraction of sp³-hybridized carbons (Fsp3) is 0.320. The van der Waals surface area contributed by atoms with Gasteiger partial charge in [0.2, 0.25) is 5.82 Å². The SMILES string of the molecule is CC/C=C/C1=NC2(CCCC2)C(=O)N1Cc1ccc(-c2ccccc2-c2nn[nH]n2)cc1. The maximum absolute atomic E-state index is 13.3. The Bertz CT molecular complexity index is 1160. The Kier molecular flexibility index (Phi) is 5.39. The quantitative estimate of drug-likeness (QED) is 0.626. The van der Waals surface area contributed by atoms with Crippen molar-refractivity contribution in [3.63, 3.8) is 0 Å². The van der Waals surface area contributed by atoms with E-state index in [2.05, 4.69) is 64.0 Å². The Labute approximate surface area is 187 Å². The Morgan fingerprint density at radius 3 is 2.50 bits per heavy atom. The summed E-state index contributed by atoms with van der Waals surface area (Å²) >= 11 is 0. The summed E-state index contributed by atoms with van der Waals surface area (Å²) in [5.74, 6) is 1.51. The minimum Gasteiger partial charge on any atom is -0.290 e. The van der Waals surface area contributed by atoms with Gasteiger partial charge in [-0.2, -0.15) is 5.21 Å². The largest absolute Gasteiger partial charge is 0.290 e. The third-order valence-electron chi connectivity index (χ3n) is 6.30. The molecule has 2 heterocycles. The van der Waals surface area contributed by atoms with Crippen molar-refractivity contribution in [3.05, 3.63) is 66.2 Å². The molecule has 1 N–H and O–H groups in total. The molecule has 3 aromatic rings. The van der Waals surface area contributed by atoms with Crippen molar-refractivity contribution in [2.24, 2.45) is 4.99 Å². The predicted octanol–water partition coefficient (Wildman–Crippen LogP) is 4.55. The molecule has 1 spiro atoms. The van der Waals surface area contributed by atoms with Gasteiger partial charge in [-0.25, -0.2) is 0 Å². The van der Waals surface area contributed by atoms with Gasteiger partial charge < -0.3 is 0 Å². The summed E-state index contributed by atoms with van der Waals surface area (Å²) < 4.78 is 0. The van der Waals surface area contributed by atoms with Crippen molar-refractivity contribution < 1.29 is 4.79 Å². The van der Waals surface area contributed by atoms with Crippen LogP contribution < -0.4 is 0 Å². The summed E-state index contributed by atoms with van der Waals surface area (Å²) in [6.45, 7) is 2.62. The van der Waals surface area contributed by atoms with Crippen molar-refractivity contribution in [2.45, 2.75) is 51.1 Å². The number of amides is 1. The number of nitrogens with one attached hydrogen (secondary N) is 1. The molecule has 5 rings (SSSR count). The topological polar surface area (TPSA) is 87.1 Å². The highest BCUT2D eigenvalue weighted by atomic mass is 16.2. The number of aromatic amines is 1. The van der Waals surface area contributed by atoms with Gasteiger partial charge in [-0.05, 0) is 47.2 Å². The van der Waals surface area contributed by atoms with Crippen LogP contribution in [0.1, 0.15) is 44.6 Å². The van der Waals surface area contributed by atoms with Gasteiger partial charge in [0, 0.05) is 5.56 Å². The highest BCUT2D eigenvalue weighted by Crippen LogP contribution is 2.39. The van der Waals surface area contributed by atoms with Crippen LogP contribution in [0.3, 0.4) is 0 Å². The van der Waals surface area contributed by atoms with Gasteiger partial charge in [-0.3, -0.25) is 14.7 Å². The first kappa shape index (κ1) is 20.3. The maximum Gasteiger partial charge on any atom is 0.256 e. The number of carbonyl (C=O) groups excluding carboxylic acids is 1. The van der Waals surface area contributed by atoms with E-state index in [1.165, 1.54) is 0 Å². The zero-order valence-electron chi connectivity index (χ0n) is 18.2. The molecule has 0 unspecified atom stereocenters. The van der Waals surface area contributed by atoms with E-state index in [-0.39, 0.29) is 5.91 Å². The maximum atomic E-state index is 13.3. The lowest BCUT2D eigenvalue weighted by Gasteiger charge is -2.22. The van der Waals surface area contributed by atoms with Gasteiger partial charge in [-0.15, -0.1) is 10.2 Å². The molecule has 1 fully saturated rings. The fourth-order valence-electron chi connectivity index (χ4n) is 4.65. The highest BCUT2D eigenvalue weighted by Gasteiger charge is 2.49. The average molecular weight is 427 g/mol. The molecule has 1 amide bonds. The highest BCUT2D eigenvalue weighted by molar-refractivity contribution is 6.12. The number of benzene rings is 2. The molecule has 7 nitrogen and oxygen atoms in total. The van der Waals surface area contributed by atoms with Crippen LogP contribution >= 0.6 is 0 Å². The summed E-state index contributed by atoms with van der Waals surface area (Å²) in [6.07, 6.45) is 8.86. The van der Waals surface area contributed by atoms with Crippen LogP contribution in [0.25, 0.3) is 22.5 Å². The van der Waals surface area contributed by atoms with Crippen molar-refractivity contribution in [1.29, 1.82) is 0 Å². The van der Waals surface area contributed by atoms with E-state index >= 15 is 0 Å². The van der Waals surface area contributed by atoms with Gasteiger partial charge in [0.25, 0.3) is 5.91 Å². The van der Waals surface area contributed by atoms with Gasteiger partial charge in [0.1, 0.15) is 11.4 Å². The number of rotatable bonds is 6. The second kappa shape index (κ2) is 8.49. The molecule has 1 aliphatic carbocycles. The van der Waals surface area contributed by atoms with Crippen LogP contribution in [0.4, 0.5) is 0 Å². The van der Waals surface area contributed by atoms with Crippen LogP contribution in [0.5, 0.6) is 0 Å². The average Bonchev–Trinajstić information content (AvgIpc) is 3.58. The number of hydrogen-bond donors (Lipinski definition) is 1. The van der Waals surface area contributed by atoms with Crippen LogP contribution in [-0.4, -0.2) is 42.8 Å². The number of H-pyrrole nitrogens is 1. The van der Waals surface area contributed by atoms with Crippen molar-refractivity contribution in [2.75, 3.05) is 0 Å². The Hall–Kier alpha value is -3.61. The minimum atomic E-state index is -0.531. The van der Waals surface area contributed by atoms with Crippen molar-refractivity contribution >= 4 is 11.7 Å². The minimum absolute atomic E-state index is 0.150. The Morgan fingerprint density at radius 2 is 1.81 bits per heavy atom. The van der Waals surface area contributed by atoms with Gasteiger partial charge in [0.05, 0.1) is 6.54 Å². The molecule has 1 aromatic heterocycles. The lowest BCUT2D eigenvalue weighted by molar-refractivity contribution is -0.131. The lowest BCUT2D eigenvalue weighted by atomic mass is 9.97. The smallest absolute Gasteiger partial charge is 0.256 e. The normalized spacial score (nSPS) is 17.6. The number of carbonyl (C=O) groups is 1. The van der Waals surface area contributed by atoms with Crippen LogP contribution in [0.2, 0.25) is 0 Å². The molecular formula is C25H26N6O. The molecular weight excluding hydrogens is 400 g/mol. The molecule has 162 valence electrons. The van der Waals surface area contributed by atoms with Gasteiger partial charge >= 0.3 is 0 Å². The van der Waals surface area contributed by atoms with Crippen molar-refractivity contribution in [1.82, 2.24) is 25.5 Å². The molecule has 7 heteroatoms. The third kappa shape index (κ3) is 3.64. The first-order valence-electron chi connectivity index (χ1n) is 11.2. The van der Waals surface area contributed by atoms with E-state index < -0.39 is 5.54 Å². The number of allylic oxidation sites excluding steroid dienone is 1. The van der Waals surface area contributed by atoms with E-state index in [9.17, 15) is 4.79 Å². The van der Waals surface area contributed by atoms with Gasteiger partial charge in [0.15, 0.2) is 0 Å². The zero-order chi connectivity index (χ0) is 22.0. The molecule has 1 aliphatic heterocycles. The standard InChI is InChI=1S/C25H26N6O/c1-2-3-10-22-26-25(15-6-7-16-25)24(32)31(22)17-18-11-13-19(14-12-18)20-8-4-5-9-21(20)23-27-29-30-28-23/h3-5,8-14H,2,6-7,15-17H2,1H3,(H,27,28,29,30)/b10-3+. The van der Waals surface area contributed by atoms with Gasteiger partial charge in [-0.1, -0.05) is 74.4 Å². The fourth-order valence-corrected chi connectivity index (χ4v) is 4.65. The second-order valence-electron chi connectivity index (χ2n) is 8.39. The number of tetrazole rings is 1. The monoisotopic (exact) mass is 426 g/mol. The second-order valence-corrected chi connectivity index (χ2v) is 8.39. The Morgan fingerprint density at radius 1 is 1.06 bits per heavy atom. The first-order valence-corrected chi connectivity index (χ1v) is 11.2. The molecule has 2 aromatic carbocycles. The van der Waals surface area contributed by atoms with Crippen molar-refractivity contribution in [3.8, 4) is 22.5 Å². The number of nitrogens with zero attached hydrogens (tertiary/aromatic N) is 5. The number of hydrogen-bond acceptors (Lipinski definition) is 5. The first-order chi connectivity index (χ1) is 15.7. The van der Waals surface area contributed by atoms with Crippen LogP contribution in [0, 0.1) is 0 Å². The molecule has 0 bridgehead atoms. The van der Waals surface area contributed by atoms with Crippen LogP contribution in [0.15, 0.2) is 65.7 Å². The summed E-state index contributed by atoms with van der Waals surface area (Å²) in [5.41, 5.74) is 3.57. The molecule has 2 aliphatic rings. The Balaban J connectivity index is 1.40. The molecule has 32 heavy (non-hydrogen) atoms. The van der Waals surface area contributed by atoms with E-state index in [4.69, 9.17) is 4.99 Å². The summed E-state index contributed by atoms with van der Waals surface area (Å²) in [5, 5.41) is 14.4. The summed E-state index contributed by atoms with van der Waals surface area (Å²) in [7, 11) is 0. The van der Waals surface area contributed by atoms with E-state index in [0.717, 1.165) is 60.2 Å². The van der Waals surface area contributed by atoms with E-state index in [0.29, 0.717) is 12.4 Å². The molecule has 0 saturated heterocycles.